The molecule has 0 saturated heterocycles. The molecule has 0 aromatic heterocycles. The van der Waals surface area contributed by atoms with Gasteiger partial charge in [0.05, 0.1) is 0 Å². The molecule has 0 amide bonds. The van der Waals surface area contributed by atoms with E-state index in [2.05, 4.69) is 43.0 Å². The van der Waals surface area contributed by atoms with E-state index < -0.39 is 0 Å². The second-order valence-electron chi connectivity index (χ2n) is 3.27. The van der Waals surface area contributed by atoms with E-state index in [4.69, 9.17) is 12.2 Å². The van der Waals surface area contributed by atoms with Crippen LogP contribution in [0.1, 0.15) is 19.4 Å². The van der Waals surface area contributed by atoms with Crippen LogP contribution in [0.5, 0.6) is 0 Å². The van der Waals surface area contributed by atoms with Gasteiger partial charge < -0.3 is 4.90 Å². The first-order valence-electron chi connectivity index (χ1n) is 5.40. The summed E-state index contributed by atoms with van der Waals surface area (Å²) in [6, 6.07) is 10.5. The number of benzene rings is 1. The van der Waals surface area contributed by atoms with Crippen molar-refractivity contribution in [3.63, 3.8) is 0 Å². The monoisotopic (exact) mass is 271 g/mol. The van der Waals surface area contributed by atoms with Crippen molar-refractivity contribution >= 4 is 38.1 Å². The van der Waals surface area contributed by atoms with Crippen LogP contribution in [0.15, 0.2) is 30.3 Å². The summed E-state index contributed by atoms with van der Waals surface area (Å²) < 4.78 is 0.992. The van der Waals surface area contributed by atoms with Crippen LogP contribution in [0.4, 0.5) is 0 Å². The van der Waals surface area contributed by atoms with Crippen LogP contribution in [-0.2, 0) is 5.75 Å². The quantitative estimate of drug-likeness (QED) is 0.583. The Bertz CT molecular complexity index is 309. The Morgan fingerprint density at radius 2 is 1.81 bits per heavy atom. The van der Waals surface area contributed by atoms with Crippen molar-refractivity contribution in [2.75, 3.05) is 13.1 Å². The first-order valence-corrected chi connectivity index (χ1v) is 8.13. The van der Waals surface area contributed by atoms with Crippen LogP contribution in [0, 0.1) is 0 Å². The maximum atomic E-state index is 5.36. The molecular weight excluding hydrogens is 254 g/mol. The fourth-order valence-electron chi connectivity index (χ4n) is 1.26. The lowest BCUT2D eigenvalue weighted by atomic mass is 10.2. The Morgan fingerprint density at radius 3 is 2.38 bits per heavy atom. The zero-order valence-corrected chi connectivity index (χ0v) is 12.1. The fraction of sp³-hybridized carbons (Fsp3) is 0.417. The molecule has 0 aliphatic rings. The fourth-order valence-corrected chi connectivity index (χ4v) is 4.00. The lowest BCUT2D eigenvalue weighted by Crippen LogP contribution is -2.25. The molecule has 0 aliphatic heterocycles. The van der Waals surface area contributed by atoms with Gasteiger partial charge in [0.2, 0.25) is 0 Å². The molecule has 88 valence electrons. The summed E-state index contributed by atoms with van der Waals surface area (Å²) in [4.78, 5) is 2.21. The predicted molar refractivity (Wildman–Crippen MR) is 80.8 cm³/mol. The molecule has 0 fully saturated rings. The van der Waals surface area contributed by atoms with Crippen LogP contribution in [0.2, 0.25) is 0 Å². The molecule has 4 heteroatoms. The molecule has 0 bridgehead atoms. The number of thiocarbonyl (C=S) groups is 1. The van der Waals surface area contributed by atoms with Crippen LogP contribution in [-0.4, -0.2) is 22.3 Å². The van der Waals surface area contributed by atoms with Gasteiger partial charge in [-0.1, -0.05) is 53.3 Å². The Kier molecular flexibility index (Phi) is 6.92. The van der Waals surface area contributed by atoms with E-state index in [1.165, 1.54) is 5.56 Å². The summed E-state index contributed by atoms with van der Waals surface area (Å²) in [5.74, 6) is 1.01. The average molecular weight is 271 g/mol. The van der Waals surface area contributed by atoms with Gasteiger partial charge in [-0.3, -0.25) is 0 Å². The SMILES string of the molecule is CCN(CC)C(=S)SSCc1ccccc1. The molecule has 0 aliphatic carbocycles. The Balaban J connectivity index is 2.28. The second kappa shape index (κ2) is 7.98. The van der Waals surface area contributed by atoms with Crippen LogP contribution >= 0.6 is 33.8 Å². The van der Waals surface area contributed by atoms with Gasteiger partial charge in [0, 0.05) is 18.8 Å². The topological polar surface area (TPSA) is 3.24 Å². The normalized spacial score (nSPS) is 10.1. The summed E-state index contributed by atoms with van der Waals surface area (Å²) in [7, 11) is 3.51. The summed E-state index contributed by atoms with van der Waals surface area (Å²) in [5, 5.41) is 0. The van der Waals surface area contributed by atoms with E-state index in [0.717, 1.165) is 23.2 Å². The molecule has 0 N–H and O–H groups in total. The van der Waals surface area contributed by atoms with Crippen molar-refractivity contribution in [2.45, 2.75) is 19.6 Å². The summed E-state index contributed by atoms with van der Waals surface area (Å²) in [5.41, 5.74) is 1.35. The first-order chi connectivity index (χ1) is 7.77. The van der Waals surface area contributed by atoms with E-state index >= 15 is 0 Å². The Hall–Kier alpha value is -0.190. The van der Waals surface area contributed by atoms with E-state index in [0.29, 0.717) is 0 Å². The van der Waals surface area contributed by atoms with Crippen molar-refractivity contribution < 1.29 is 0 Å². The lowest BCUT2D eigenvalue weighted by molar-refractivity contribution is 0.482. The van der Waals surface area contributed by atoms with Crippen LogP contribution in [0.3, 0.4) is 0 Å². The average Bonchev–Trinajstić information content (AvgIpc) is 2.32. The molecule has 1 aromatic carbocycles. The molecule has 1 nitrogen and oxygen atoms in total. The van der Waals surface area contributed by atoms with Crippen molar-refractivity contribution in [1.29, 1.82) is 0 Å². The van der Waals surface area contributed by atoms with Gasteiger partial charge in [-0.05, 0) is 30.2 Å². The summed E-state index contributed by atoms with van der Waals surface area (Å²) in [6.45, 7) is 6.26. The highest BCUT2D eigenvalue weighted by Crippen LogP contribution is 2.28. The van der Waals surface area contributed by atoms with Gasteiger partial charge in [0.15, 0.2) is 0 Å². The summed E-state index contributed by atoms with van der Waals surface area (Å²) >= 11 is 5.36. The van der Waals surface area contributed by atoms with Crippen molar-refractivity contribution in [2.24, 2.45) is 0 Å². The van der Waals surface area contributed by atoms with Gasteiger partial charge in [0.25, 0.3) is 0 Å². The Morgan fingerprint density at radius 1 is 1.19 bits per heavy atom. The highest BCUT2D eigenvalue weighted by molar-refractivity contribution is 8.83. The maximum Gasteiger partial charge on any atom is 0.147 e. The zero-order valence-electron chi connectivity index (χ0n) is 9.68. The minimum atomic E-state index is 0.992. The molecule has 1 aromatic rings. The third-order valence-corrected chi connectivity index (χ3v) is 5.20. The minimum absolute atomic E-state index is 0.992. The zero-order chi connectivity index (χ0) is 11.8. The first kappa shape index (κ1) is 13.9. The number of nitrogens with zero attached hydrogens (tertiary/aromatic N) is 1. The van der Waals surface area contributed by atoms with Crippen molar-refractivity contribution in [1.82, 2.24) is 4.90 Å². The minimum Gasteiger partial charge on any atom is -0.357 e. The third kappa shape index (κ3) is 4.76. The maximum absolute atomic E-state index is 5.36. The van der Waals surface area contributed by atoms with Crippen molar-refractivity contribution in [3.05, 3.63) is 35.9 Å². The van der Waals surface area contributed by atoms with Gasteiger partial charge in [-0.2, -0.15) is 0 Å². The smallest absolute Gasteiger partial charge is 0.147 e. The number of hydrogen-bond acceptors (Lipinski definition) is 3. The molecule has 0 heterocycles. The molecular formula is C12H17NS3. The third-order valence-electron chi connectivity index (χ3n) is 2.22. The Labute approximate surface area is 111 Å². The van der Waals surface area contributed by atoms with E-state index in [-0.39, 0.29) is 0 Å². The molecule has 1 rings (SSSR count). The largest absolute Gasteiger partial charge is 0.357 e. The molecule has 0 spiro atoms. The molecule has 16 heavy (non-hydrogen) atoms. The summed E-state index contributed by atoms with van der Waals surface area (Å²) in [6.07, 6.45) is 0. The highest BCUT2D eigenvalue weighted by Gasteiger charge is 2.05. The van der Waals surface area contributed by atoms with Gasteiger partial charge in [-0.25, -0.2) is 0 Å². The van der Waals surface area contributed by atoms with Gasteiger partial charge in [-0.15, -0.1) is 0 Å². The standard InChI is InChI=1S/C12H17NS3/c1-3-13(4-2)12(14)16-15-10-11-8-6-5-7-9-11/h5-9H,3-4,10H2,1-2H3. The number of rotatable bonds is 5. The second-order valence-corrected chi connectivity index (χ2v) is 6.20. The van der Waals surface area contributed by atoms with Gasteiger partial charge >= 0.3 is 0 Å². The number of hydrogen-bond donors (Lipinski definition) is 0. The molecule has 0 unspecified atom stereocenters. The molecule has 0 saturated carbocycles. The molecule has 0 atom stereocenters. The van der Waals surface area contributed by atoms with Gasteiger partial charge in [0.1, 0.15) is 4.32 Å². The van der Waals surface area contributed by atoms with E-state index in [1.807, 2.05) is 16.9 Å². The molecule has 0 radical (unpaired) electrons. The lowest BCUT2D eigenvalue weighted by Gasteiger charge is -2.20. The predicted octanol–water partition coefficient (Wildman–Crippen LogP) is 4.19. The van der Waals surface area contributed by atoms with E-state index in [9.17, 15) is 0 Å². The van der Waals surface area contributed by atoms with Crippen molar-refractivity contribution in [3.8, 4) is 0 Å². The van der Waals surface area contributed by atoms with Crippen LogP contribution < -0.4 is 0 Å². The van der Waals surface area contributed by atoms with Crippen LogP contribution in [0.25, 0.3) is 0 Å². The highest BCUT2D eigenvalue weighted by atomic mass is 33.1. The van der Waals surface area contributed by atoms with E-state index in [1.54, 1.807) is 10.8 Å².